The maximum atomic E-state index is 12.9. The fraction of sp³-hybridized carbons (Fsp3) is 0.600. The van der Waals surface area contributed by atoms with Crippen LogP contribution < -0.4 is 10.2 Å². The predicted molar refractivity (Wildman–Crippen MR) is 108 cm³/mol. The van der Waals surface area contributed by atoms with Crippen molar-refractivity contribution in [2.45, 2.75) is 31.4 Å². The molecule has 27 heavy (non-hydrogen) atoms. The van der Waals surface area contributed by atoms with Gasteiger partial charge in [-0.1, -0.05) is 0 Å². The van der Waals surface area contributed by atoms with Crippen molar-refractivity contribution < 1.29 is 9.53 Å². The minimum Gasteiger partial charge on any atom is -0.380 e. The molecule has 4 aliphatic heterocycles. The zero-order chi connectivity index (χ0) is 18.4. The lowest BCUT2D eigenvalue weighted by molar-refractivity contribution is 0.0619. The highest BCUT2D eigenvalue weighted by molar-refractivity contribution is 7.13. The Kier molecular flexibility index (Phi) is 4.53. The molecule has 1 N–H and O–H groups in total. The molecule has 0 saturated carbocycles. The summed E-state index contributed by atoms with van der Waals surface area (Å²) in [6.07, 6.45) is 3.77. The van der Waals surface area contributed by atoms with Gasteiger partial charge in [-0.15, -0.1) is 0 Å². The van der Waals surface area contributed by atoms with Gasteiger partial charge in [-0.3, -0.25) is 4.79 Å². The zero-order valence-corrected chi connectivity index (χ0v) is 16.5. The molecule has 4 aliphatic rings. The van der Waals surface area contributed by atoms with Crippen LogP contribution in [0.3, 0.4) is 0 Å². The molecule has 0 aliphatic carbocycles. The quantitative estimate of drug-likeness (QED) is 0.874. The zero-order valence-electron chi connectivity index (χ0n) is 15.7. The molecule has 1 amide bonds. The van der Waals surface area contributed by atoms with Gasteiger partial charge in [-0.25, -0.2) is 0 Å². The SMILES string of the molecule is CO[C@H]1CCN(c2ccc3c(C(=O)NC4CN5CCC4CC5)nsc3c2)C1. The van der Waals surface area contributed by atoms with Crippen molar-refractivity contribution in [3.05, 3.63) is 23.9 Å². The summed E-state index contributed by atoms with van der Waals surface area (Å²) in [5.74, 6) is 0.604. The number of nitrogens with one attached hydrogen (secondary N) is 1. The monoisotopic (exact) mass is 386 g/mol. The van der Waals surface area contributed by atoms with E-state index in [9.17, 15) is 4.79 Å². The molecule has 2 atom stereocenters. The number of fused-ring (bicyclic) bond motifs is 4. The molecule has 2 aromatic rings. The van der Waals surface area contributed by atoms with Crippen molar-refractivity contribution in [1.29, 1.82) is 0 Å². The van der Waals surface area contributed by atoms with Crippen LogP contribution in [0.25, 0.3) is 10.1 Å². The van der Waals surface area contributed by atoms with Crippen LogP contribution in [-0.2, 0) is 4.74 Å². The highest BCUT2D eigenvalue weighted by Gasteiger charge is 2.35. The lowest BCUT2D eigenvalue weighted by atomic mass is 9.84. The second-order valence-corrected chi connectivity index (χ2v) is 8.83. The number of carbonyl (C=O) groups is 1. The fourth-order valence-corrected chi connectivity index (χ4v) is 5.61. The van der Waals surface area contributed by atoms with Crippen LogP contribution in [0.1, 0.15) is 29.8 Å². The highest BCUT2D eigenvalue weighted by Crippen LogP contribution is 2.31. The molecule has 5 heterocycles. The Morgan fingerprint density at radius 2 is 2.07 bits per heavy atom. The van der Waals surface area contributed by atoms with Gasteiger partial charge < -0.3 is 19.9 Å². The van der Waals surface area contributed by atoms with Gasteiger partial charge in [0.2, 0.25) is 0 Å². The van der Waals surface area contributed by atoms with E-state index < -0.39 is 0 Å². The van der Waals surface area contributed by atoms with Gasteiger partial charge in [0.15, 0.2) is 0 Å². The number of methoxy groups -OCH3 is 1. The third-order valence-electron chi connectivity index (χ3n) is 6.49. The number of hydrogen-bond acceptors (Lipinski definition) is 6. The summed E-state index contributed by atoms with van der Waals surface area (Å²) in [5, 5.41) is 4.23. The number of amides is 1. The average molecular weight is 387 g/mol. The van der Waals surface area contributed by atoms with Gasteiger partial charge in [-0.05, 0) is 68.0 Å². The molecule has 6 rings (SSSR count). The number of carbonyl (C=O) groups excluding carboxylic acids is 1. The van der Waals surface area contributed by atoms with Gasteiger partial charge in [-0.2, -0.15) is 4.37 Å². The van der Waals surface area contributed by atoms with Crippen LogP contribution >= 0.6 is 11.5 Å². The van der Waals surface area contributed by atoms with Crippen LogP contribution in [0.15, 0.2) is 18.2 Å². The van der Waals surface area contributed by atoms with Crippen molar-refractivity contribution >= 4 is 33.2 Å². The molecular formula is C20H26N4O2S. The minimum absolute atomic E-state index is 0.0200. The van der Waals surface area contributed by atoms with Gasteiger partial charge in [0.25, 0.3) is 5.91 Å². The predicted octanol–water partition coefficient (Wildman–Crippen LogP) is 2.35. The molecule has 0 radical (unpaired) electrons. The molecule has 1 unspecified atom stereocenters. The number of benzene rings is 1. The number of hydrogen-bond donors (Lipinski definition) is 1. The highest BCUT2D eigenvalue weighted by atomic mass is 32.1. The van der Waals surface area contributed by atoms with E-state index in [1.165, 1.54) is 43.2 Å². The van der Waals surface area contributed by atoms with Crippen LogP contribution in [0, 0.1) is 5.92 Å². The lowest BCUT2D eigenvalue weighted by Gasteiger charge is -2.44. The molecule has 4 fully saturated rings. The second kappa shape index (κ2) is 7.04. The Morgan fingerprint density at radius 3 is 2.78 bits per heavy atom. The summed E-state index contributed by atoms with van der Waals surface area (Å²) in [7, 11) is 1.78. The van der Waals surface area contributed by atoms with Crippen LogP contribution in [-0.4, -0.2) is 67.2 Å². The summed E-state index contributed by atoms with van der Waals surface area (Å²) < 4.78 is 11.0. The van der Waals surface area contributed by atoms with Gasteiger partial charge >= 0.3 is 0 Å². The summed E-state index contributed by atoms with van der Waals surface area (Å²) in [4.78, 5) is 17.7. The van der Waals surface area contributed by atoms with Crippen LogP contribution in [0.5, 0.6) is 0 Å². The minimum atomic E-state index is -0.0200. The van der Waals surface area contributed by atoms with E-state index in [2.05, 4.69) is 37.7 Å². The van der Waals surface area contributed by atoms with Crippen molar-refractivity contribution in [3.63, 3.8) is 0 Å². The largest absolute Gasteiger partial charge is 0.380 e. The summed E-state index contributed by atoms with van der Waals surface area (Å²) in [5.41, 5.74) is 1.77. The molecule has 2 bridgehead atoms. The molecule has 6 nitrogen and oxygen atoms in total. The molecule has 4 saturated heterocycles. The van der Waals surface area contributed by atoms with Crippen molar-refractivity contribution in [3.8, 4) is 0 Å². The Bertz CT molecular complexity index is 846. The Hall–Kier alpha value is -1.70. The lowest BCUT2D eigenvalue weighted by Crippen LogP contribution is -2.57. The van der Waals surface area contributed by atoms with E-state index >= 15 is 0 Å². The third-order valence-corrected chi connectivity index (χ3v) is 7.30. The van der Waals surface area contributed by atoms with Gasteiger partial charge in [0.1, 0.15) is 5.69 Å². The summed E-state index contributed by atoms with van der Waals surface area (Å²) >= 11 is 1.42. The third kappa shape index (κ3) is 3.22. The molecule has 7 heteroatoms. The van der Waals surface area contributed by atoms with Crippen LogP contribution in [0.2, 0.25) is 0 Å². The number of rotatable bonds is 4. The Balaban J connectivity index is 1.33. The average Bonchev–Trinajstić information content (AvgIpc) is 3.35. The molecule has 0 spiro atoms. The van der Waals surface area contributed by atoms with E-state index in [0.29, 0.717) is 17.7 Å². The van der Waals surface area contributed by atoms with Gasteiger partial charge in [0.05, 0.1) is 10.8 Å². The number of piperidine rings is 3. The number of aromatic nitrogens is 1. The van der Waals surface area contributed by atoms with Crippen molar-refractivity contribution in [1.82, 2.24) is 14.6 Å². The first kappa shape index (κ1) is 17.4. The molecule has 1 aromatic heterocycles. The summed E-state index contributed by atoms with van der Waals surface area (Å²) in [6.45, 7) is 5.28. The van der Waals surface area contributed by atoms with Crippen molar-refractivity contribution in [2.75, 3.05) is 44.7 Å². The molecule has 144 valence electrons. The van der Waals surface area contributed by atoms with E-state index in [1.54, 1.807) is 7.11 Å². The normalized spacial score (nSPS) is 30.2. The Morgan fingerprint density at radius 1 is 1.22 bits per heavy atom. The molecule has 1 aromatic carbocycles. The van der Waals surface area contributed by atoms with E-state index in [0.717, 1.165) is 36.1 Å². The first-order chi connectivity index (χ1) is 13.2. The van der Waals surface area contributed by atoms with E-state index in [4.69, 9.17) is 4.74 Å². The van der Waals surface area contributed by atoms with E-state index in [1.807, 2.05) is 0 Å². The second-order valence-electron chi connectivity index (χ2n) is 8.02. The first-order valence-corrected chi connectivity index (χ1v) is 10.7. The van der Waals surface area contributed by atoms with Gasteiger partial charge in [0, 0.05) is 43.9 Å². The van der Waals surface area contributed by atoms with E-state index in [-0.39, 0.29) is 11.9 Å². The maximum Gasteiger partial charge on any atom is 0.271 e. The standard InChI is InChI=1S/C20H26N4O2S/c1-26-15-6-9-24(11-15)14-2-3-16-18(10-14)27-22-19(16)20(25)21-17-12-23-7-4-13(17)5-8-23/h2-3,10,13,15,17H,4-9,11-12H2,1H3,(H,21,25)/t15-,17?/m0/s1. The number of anilines is 1. The summed E-state index contributed by atoms with van der Waals surface area (Å²) in [6, 6.07) is 6.60. The number of ether oxygens (including phenoxy) is 1. The topological polar surface area (TPSA) is 57.7 Å². The van der Waals surface area contributed by atoms with Crippen LogP contribution in [0.4, 0.5) is 5.69 Å². The van der Waals surface area contributed by atoms with Crippen molar-refractivity contribution in [2.24, 2.45) is 5.92 Å². The first-order valence-electron chi connectivity index (χ1n) is 9.91. The molecular weight excluding hydrogens is 360 g/mol. The number of nitrogens with zero attached hydrogens (tertiary/aromatic N) is 3. The maximum absolute atomic E-state index is 12.9. The Labute approximate surface area is 163 Å². The smallest absolute Gasteiger partial charge is 0.271 e. The fourth-order valence-electron chi connectivity index (χ4n) is 4.81.